The molecule has 0 spiro atoms. The number of carbonyl (C=O) groups is 2. The van der Waals surface area contributed by atoms with E-state index in [0.29, 0.717) is 18.2 Å². The lowest BCUT2D eigenvalue weighted by atomic mass is 9.88. The van der Waals surface area contributed by atoms with Crippen molar-refractivity contribution in [1.82, 2.24) is 14.9 Å². The highest BCUT2D eigenvalue weighted by Gasteiger charge is 2.38. The van der Waals surface area contributed by atoms with Crippen LogP contribution in [0.1, 0.15) is 100 Å². The number of carbonyl (C=O) groups excluding carboxylic acids is 2. The Bertz CT molecular complexity index is 842. The highest BCUT2D eigenvalue weighted by molar-refractivity contribution is 5.95. The molecule has 2 aliphatic heterocycles. The minimum atomic E-state index is -0.0364. The standard InChI is InChI=1S/C25H36N4O2/c1-17-20-13-14-22(30)29(16-18-8-3-2-4-9-18)24(20)27-23(26-17)21-12-7-15-28(21)25(31)19-10-5-6-11-19/h18-19,21H,2-16H2,1H3. The first kappa shape index (κ1) is 20.9. The number of nitrogens with zero attached hydrogens (tertiary/aromatic N) is 4. The van der Waals surface area contributed by atoms with E-state index in [9.17, 15) is 9.59 Å². The lowest BCUT2D eigenvalue weighted by molar-refractivity contribution is -0.136. The third-order valence-electron chi connectivity index (χ3n) is 8.06. The maximum Gasteiger partial charge on any atom is 0.228 e. The van der Waals surface area contributed by atoms with Gasteiger partial charge in [-0.25, -0.2) is 9.97 Å². The van der Waals surface area contributed by atoms with Crippen molar-refractivity contribution >= 4 is 17.6 Å². The topological polar surface area (TPSA) is 66.4 Å². The van der Waals surface area contributed by atoms with E-state index in [1.807, 2.05) is 9.80 Å². The summed E-state index contributed by atoms with van der Waals surface area (Å²) in [6, 6.07) is -0.0364. The molecule has 1 aromatic heterocycles. The zero-order valence-electron chi connectivity index (χ0n) is 18.9. The van der Waals surface area contributed by atoms with Gasteiger partial charge in [0.1, 0.15) is 5.82 Å². The summed E-state index contributed by atoms with van der Waals surface area (Å²) in [5, 5.41) is 0. The second kappa shape index (κ2) is 8.87. The van der Waals surface area contributed by atoms with Crippen LogP contribution in [0.5, 0.6) is 0 Å². The molecule has 2 saturated carbocycles. The molecule has 0 bridgehead atoms. The highest BCUT2D eigenvalue weighted by Crippen LogP contribution is 2.38. The van der Waals surface area contributed by atoms with E-state index >= 15 is 0 Å². The average molecular weight is 425 g/mol. The fraction of sp³-hybridized carbons (Fsp3) is 0.760. The number of fused-ring (bicyclic) bond motifs is 1. The Labute approximate surface area is 185 Å². The van der Waals surface area contributed by atoms with E-state index in [2.05, 4.69) is 6.92 Å². The summed E-state index contributed by atoms with van der Waals surface area (Å²) < 4.78 is 0. The number of anilines is 1. The van der Waals surface area contributed by atoms with Crippen LogP contribution in [-0.4, -0.2) is 39.8 Å². The molecule has 0 radical (unpaired) electrons. The summed E-state index contributed by atoms with van der Waals surface area (Å²) in [6.45, 7) is 3.65. The normalized spacial score (nSPS) is 25.3. The third kappa shape index (κ3) is 4.10. The first-order valence-electron chi connectivity index (χ1n) is 12.6. The predicted octanol–water partition coefficient (Wildman–Crippen LogP) is 4.50. The number of rotatable bonds is 4. The predicted molar refractivity (Wildman–Crippen MR) is 120 cm³/mol. The molecule has 1 unspecified atom stereocenters. The van der Waals surface area contributed by atoms with Crippen LogP contribution >= 0.6 is 0 Å². The fourth-order valence-electron chi connectivity index (χ4n) is 6.27. The molecule has 1 atom stereocenters. The molecule has 3 heterocycles. The maximum atomic E-state index is 13.2. The first-order valence-corrected chi connectivity index (χ1v) is 12.6. The van der Waals surface area contributed by atoms with E-state index in [4.69, 9.17) is 9.97 Å². The Hall–Kier alpha value is -1.98. The second-order valence-electron chi connectivity index (χ2n) is 10.1. The Balaban J connectivity index is 1.43. The maximum absolute atomic E-state index is 13.2. The molecule has 1 saturated heterocycles. The van der Waals surface area contributed by atoms with Crippen LogP contribution in [-0.2, 0) is 16.0 Å². The van der Waals surface area contributed by atoms with Gasteiger partial charge in [-0.2, -0.15) is 0 Å². The van der Waals surface area contributed by atoms with Gasteiger partial charge in [0.05, 0.1) is 6.04 Å². The lowest BCUT2D eigenvalue weighted by Gasteiger charge is -2.34. The number of amides is 2. The summed E-state index contributed by atoms with van der Waals surface area (Å²) in [4.78, 5) is 40.0. The average Bonchev–Trinajstić information content (AvgIpc) is 3.48. The number of hydrogen-bond acceptors (Lipinski definition) is 4. The van der Waals surface area contributed by atoms with Crippen molar-refractivity contribution < 1.29 is 9.59 Å². The van der Waals surface area contributed by atoms with Gasteiger partial charge in [0, 0.05) is 36.7 Å². The monoisotopic (exact) mass is 424 g/mol. The van der Waals surface area contributed by atoms with Gasteiger partial charge >= 0.3 is 0 Å². The number of likely N-dealkylation sites (tertiary alicyclic amines) is 1. The molecule has 4 aliphatic rings. The molecule has 0 N–H and O–H groups in total. The van der Waals surface area contributed by atoms with Gasteiger partial charge in [0.15, 0.2) is 5.82 Å². The van der Waals surface area contributed by atoms with Gasteiger partial charge < -0.3 is 4.90 Å². The molecule has 2 amide bonds. The van der Waals surface area contributed by atoms with Crippen molar-refractivity contribution in [2.24, 2.45) is 11.8 Å². The van der Waals surface area contributed by atoms with Crippen LogP contribution in [0.15, 0.2) is 0 Å². The molecule has 6 heteroatoms. The van der Waals surface area contributed by atoms with E-state index in [1.165, 1.54) is 44.9 Å². The number of hydrogen-bond donors (Lipinski definition) is 0. The molecule has 3 fully saturated rings. The molecular formula is C25H36N4O2. The lowest BCUT2D eigenvalue weighted by Crippen LogP contribution is -2.41. The van der Waals surface area contributed by atoms with Crippen molar-refractivity contribution in [1.29, 1.82) is 0 Å². The molecular weight excluding hydrogens is 388 g/mol. The quantitative estimate of drug-likeness (QED) is 0.714. The zero-order valence-corrected chi connectivity index (χ0v) is 18.9. The highest BCUT2D eigenvalue weighted by atomic mass is 16.2. The fourth-order valence-corrected chi connectivity index (χ4v) is 6.27. The van der Waals surface area contributed by atoms with Crippen molar-refractivity contribution in [2.75, 3.05) is 18.0 Å². The van der Waals surface area contributed by atoms with Gasteiger partial charge in [-0.05, 0) is 57.8 Å². The van der Waals surface area contributed by atoms with E-state index in [1.54, 1.807) is 0 Å². The Kier molecular flexibility index (Phi) is 5.98. The van der Waals surface area contributed by atoms with E-state index < -0.39 is 0 Å². The van der Waals surface area contributed by atoms with Crippen LogP contribution in [0.25, 0.3) is 0 Å². The van der Waals surface area contributed by atoms with Gasteiger partial charge in [-0.3, -0.25) is 14.5 Å². The molecule has 31 heavy (non-hydrogen) atoms. The minimum Gasteiger partial charge on any atom is -0.332 e. The van der Waals surface area contributed by atoms with Gasteiger partial charge in [-0.15, -0.1) is 0 Å². The van der Waals surface area contributed by atoms with Gasteiger partial charge in [0.2, 0.25) is 11.8 Å². The molecule has 5 rings (SSSR count). The Morgan fingerprint density at radius 1 is 0.935 bits per heavy atom. The smallest absolute Gasteiger partial charge is 0.228 e. The largest absolute Gasteiger partial charge is 0.332 e. The van der Waals surface area contributed by atoms with Crippen LogP contribution in [0.3, 0.4) is 0 Å². The molecule has 1 aromatic rings. The van der Waals surface area contributed by atoms with Gasteiger partial charge in [-0.1, -0.05) is 32.1 Å². The first-order chi connectivity index (χ1) is 15.1. The molecule has 2 aliphatic carbocycles. The third-order valence-corrected chi connectivity index (χ3v) is 8.06. The van der Waals surface area contributed by atoms with E-state index in [0.717, 1.165) is 68.1 Å². The van der Waals surface area contributed by atoms with E-state index in [-0.39, 0.29) is 17.9 Å². The van der Waals surface area contributed by atoms with Crippen molar-refractivity contribution in [3.05, 3.63) is 17.1 Å². The SMILES string of the molecule is Cc1nc(C2CCCN2C(=O)C2CCCC2)nc2c1CCC(=O)N2CC1CCCCC1. The Morgan fingerprint density at radius 3 is 2.45 bits per heavy atom. The zero-order chi connectivity index (χ0) is 21.4. The number of aromatic nitrogens is 2. The summed E-state index contributed by atoms with van der Waals surface area (Å²) in [5.41, 5.74) is 2.12. The summed E-state index contributed by atoms with van der Waals surface area (Å²) in [7, 11) is 0. The molecule has 168 valence electrons. The number of aryl methyl sites for hydroxylation is 1. The molecule has 0 aromatic carbocycles. The van der Waals surface area contributed by atoms with Crippen LogP contribution in [0, 0.1) is 18.8 Å². The second-order valence-corrected chi connectivity index (χ2v) is 10.1. The van der Waals surface area contributed by atoms with Crippen LogP contribution < -0.4 is 4.90 Å². The summed E-state index contributed by atoms with van der Waals surface area (Å²) in [6.07, 6.45) is 13.9. The van der Waals surface area contributed by atoms with Crippen LogP contribution in [0.2, 0.25) is 0 Å². The van der Waals surface area contributed by atoms with Crippen molar-refractivity contribution in [3.63, 3.8) is 0 Å². The minimum absolute atomic E-state index is 0.0364. The van der Waals surface area contributed by atoms with Crippen LogP contribution in [0.4, 0.5) is 5.82 Å². The Morgan fingerprint density at radius 2 is 1.68 bits per heavy atom. The summed E-state index contributed by atoms with van der Waals surface area (Å²) in [5.74, 6) is 2.85. The van der Waals surface area contributed by atoms with Gasteiger partial charge in [0.25, 0.3) is 0 Å². The summed E-state index contributed by atoms with van der Waals surface area (Å²) >= 11 is 0. The van der Waals surface area contributed by atoms with Crippen molar-refractivity contribution in [2.45, 2.75) is 96.4 Å². The molecule has 6 nitrogen and oxygen atoms in total. The van der Waals surface area contributed by atoms with Crippen molar-refractivity contribution in [3.8, 4) is 0 Å².